The topological polar surface area (TPSA) is 41.5 Å². The number of hydrogen-bond donors (Lipinski definition) is 2. The Morgan fingerprint density at radius 1 is 1.42 bits per heavy atom. The molecule has 1 aliphatic rings. The predicted octanol–water partition coefficient (Wildman–Crippen LogP) is -0.102. The van der Waals surface area contributed by atoms with Crippen LogP contribution in [0, 0.1) is 0 Å². The van der Waals surface area contributed by atoms with Crippen LogP contribution in [0.4, 0.5) is 13.2 Å². The summed E-state index contributed by atoms with van der Waals surface area (Å²) in [6.07, 6.45) is -5.06. The summed E-state index contributed by atoms with van der Waals surface area (Å²) in [6.45, 7) is -0.842. The molecular formula is C6H10F3NO2. The molecule has 0 aromatic heterocycles. The summed E-state index contributed by atoms with van der Waals surface area (Å²) in [5.41, 5.74) is 0. The van der Waals surface area contributed by atoms with Crippen molar-refractivity contribution in [3.05, 3.63) is 0 Å². The van der Waals surface area contributed by atoms with Gasteiger partial charge in [-0.25, -0.2) is 0 Å². The summed E-state index contributed by atoms with van der Waals surface area (Å²) >= 11 is 0. The molecule has 2 atom stereocenters. The van der Waals surface area contributed by atoms with Crippen LogP contribution in [0.3, 0.4) is 0 Å². The first-order chi connectivity index (χ1) is 5.49. The van der Waals surface area contributed by atoms with E-state index < -0.39 is 24.9 Å². The highest BCUT2D eigenvalue weighted by molar-refractivity contribution is 4.81. The zero-order valence-corrected chi connectivity index (χ0v) is 6.27. The van der Waals surface area contributed by atoms with E-state index in [1.54, 1.807) is 0 Å². The van der Waals surface area contributed by atoms with Gasteiger partial charge in [0.05, 0.1) is 31.9 Å². The van der Waals surface area contributed by atoms with Crippen LogP contribution < -0.4 is 5.32 Å². The lowest BCUT2D eigenvalue weighted by atomic mass is 10.2. The van der Waals surface area contributed by atoms with Gasteiger partial charge in [0, 0.05) is 0 Å². The Morgan fingerprint density at radius 2 is 2.08 bits per heavy atom. The second-order valence-corrected chi connectivity index (χ2v) is 2.71. The lowest BCUT2D eigenvalue weighted by Crippen LogP contribution is -2.43. The number of ether oxygens (including phenoxy) is 1. The normalized spacial score (nSPS) is 31.0. The molecule has 1 rings (SSSR count). The van der Waals surface area contributed by atoms with E-state index in [0.717, 1.165) is 0 Å². The fraction of sp³-hybridized carbons (Fsp3) is 1.00. The van der Waals surface area contributed by atoms with Gasteiger partial charge in [0.15, 0.2) is 0 Å². The summed E-state index contributed by atoms with van der Waals surface area (Å²) in [7, 11) is 0. The van der Waals surface area contributed by atoms with E-state index in [4.69, 9.17) is 9.84 Å². The Kier molecular flexibility index (Phi) is 2.92. The third kappa shape index (κ3) is 2.96. The van der Waals surface area contributed by atoms with E-state index in [1.165, 1.54) is 0 Å². The zero-order valence-electron chi connectivity index (χ0n) is 6.27. The van der Waals surface area contributed by atoms with E-state index in [2.05, 4.69) is 5.32 Å². The Bertz CT molecular complexity index is 150. The number of hydrogen-bond acceptors (Lipinski definition) is 3. The third-order valence-electron chi connectivity index (χ3n) is 1.62. The fourth-order valence-electron chi connectivity index (χ4n) is 0.985. The first-order valence-corrected chi connectivity index (χ1v) is 3.55. The van der Waals surface area contributed by atoms with Crippen molar-refractivity contribution in [1.82, 2.24) is 5.32 Å². The van der Waals surface area contributed by atoms with Crippen LogP contribution >= 0.6 is 0 Å². The van der Waals surface area contributed by atoms with Gasteiger partial charge in [-0.3, -0.25) is 0 Å². The van der Waals surface area contributed by atoms with Crippen LogP contribution in [0.5, 0.6) is 0 Å². The highest BCUT2D eigenvalue weighted by atomic mass is 19.4. The van der Waals surface area contributed by atoms with Gasteiger partial charge in [-0.2, -0.15) is 13.2 Å². The first kappa shape index (κ1) is 9.76. The molecule has 1 heterocycles. The van der Waals surface area contributed by atoms with Crippen molar-refractivity contribution in [2.24, 2.45) is 0 Å². The second kappa shape index (κ2) is 3.59. The highest BCUT2D eigenvalue weighted by Crippen LogP contribution is 2.14. The standard InChI is InChI=1S/C6H10F3NO2/c7-6(8,9)3-10-4-1-12-2-5(4)11/h4-5,10-11H,1-3H2/t4-,5-/m1/s1. The highest BCUT2D eigenvalue weighted by Gasteiger charge is 2.32. The number of halogens is 3. The lowest BCUT2D eigenvalue weighted by Gasteiger charge is -2.15. The van der Waals surface area contributed by atoms with Crippen molar-refractivity contribution >= 4 is 0 Å². The zero-order chi connectivity index (χ0) is 9.19. The van der Waals surface area contributed by atoms with Crippen LogP contribution in [0.25, 0.3) is 0 Å². The summed E-state index contributed by atoms with van der Waals surface area (Å²) in [5.74, 6) is 0. The predicted molar refractivity (Wildman–Crippen MR) is 34.7 cm³/mol. The van der Waals surface area contributed by atoms with Gasteiger partial charge in [-0.1, -0.05) is 0 Å². The third-order valence-corrected chi connectivity index (χ3v) is 1.62. The molecule has 0 radical (unpaired) electrons. The van der Waals surface area contributed by atoms with Gasteiger partial charge < -0.3 is 15.2 Å². The molecule has 1 fully saturated rings. The molecule has 0 amide bonds. The van der Waals surface area contributed by atoms with Crippen molar-refractivity contribution in [2.45, 2.75) is 18.3 Å². The molecule has 0 spiro atoms. The number of nitrogens with one attached hydrogen (secondary N) is 1. The fourth-order valence-corrected chi connectivity index (χ4v) is 0.985. The number of aliphatic hydroxyl groups is 1. The molecule has 1 aliphatic heterocycles. The van der Waals surface area contributed by atoms with Gasteiger partial charge in [0.1, 0.15) is 0 Å². The number of rotatable bonds is 2. The maximum absolute atomic E-state index is 11.7. The molecule has 72 valence electrons. The second-order valence-electron chi connectivity index (χ2n) is 2.71. The maximum Gasteiger partial charge on any atom is 0.401 e. The molecule has 0 bridgehead atoms. The van der Waals surface area contributed by atoms with E-state index in [0.29, 0.717) is 0 Å². The monoisotopic (exact) mass is 185 g/mol. The lowest BCUT2D eigenvalue weighted by molar-refractivity contribution is -0.127. The molecule has 3 nitrogen and oxygen atoms in total. The summed E-state index contributed by atoms with van der Waals surface area (Å²) in [4.78, 5) is 0. The molecule has 2 N–H and O–H groups in total. The van der Waals surface area contributed by atoms with Crippen molar-refractivity contribution in [1.29, 1.82) is 0 Å². The molecule has 6 heteroatoms. The van der Waals surface area contributed by atoms with Crippen LogP contribution in [0.15, 0.2) is 0 Å². The van der Waals surface area contributed by atoms with Crippen molar-refractivity contribution < 1.29 is 23.0 Å². The molecule has 0 saturated carbocycles. The largest absolute Gasteiger partial charge is 0.401 e. The van der Waals surface area contributed by atoms with Crippen LogP contribution in [0.2, 0.25) is 0 Å². The van der Waals surface area contributed by atoms with E-state index in [-0.39, 0.29) is 13.2 Å². The van der Waals surface area contributed by atoms with E-state index in [1.807, 2.05) is 0 Å². The van der Waals surface area contributed by atoms with Crippen LogP contribution in [0.1, 0.15) is 0 Å². The quantitative estimate of drug-likeness (QED) is 0.631. The Balaban J connectivity index is 2.23. The van der Waals surface area contributed by atoms with Gasteiger partial charge in [-0.05, 0) is 0 Å². The van der Waals surface area contributed by atoms with Crippen LogP contribution in [-0.4, -0.2) is 43.2 Å². The number of alkyl halides is 3. The summed E-state index contributed by atoms with van der Waals surface area (Å²) in [6, 6.07) is -0.591. The Labute approximate surface area is 67.5 Å². The SMILES string of the molecule is O[C@@H]1COC[C@H]1NCC(F)(F)F. The summed E-state index contributed by atoms with van der Waals surface area (Å²) in [5, 5.41) is 11.2. The van der Waals surface area contributed by atoms with Gasteiger partial charge >= 0.3 is 6.18 Å². The van der Waals surface area contributed by atoms with E-state index >= 15 is 0 Å². The molecule has 1 saturated heterocycles. The maximum atomic E-state index is 11.7. The average molecular weight is 185 g/mol. The van der Waals surface area contributed by atoms with E-state index in [9.17, 15) is 13.2 Å². The smallest absolute Gasteiger partial charge is 0.389 e. The molecule has 0 aliphatic carbocycles. The Morgan fingerprint density at radius 3 is 2.50 bits per heavy atom. The molecule has 0 unspecified atom stereocenters. The number of aliphatic hydroxyl groups excluding tert-OH is 1. The molecule has 0 aromatic carbocycles. The Hall–Kier alpha value is -0.330. The van der Waals surface area contributed by atoms with Gasteiger partial charge in [-0.15, -0.1) is 0 Å². The minimum Gasteiger partial charge on any atom is -0.389 e. The minimum absolute atomic E-state index is 0.107. The van der Waals surface area contributed by atoms with Crippen molar-refractivity contribution in [2.75, 3.05) is 19.8 Å². The van der Waals surface area contributed by atoms with Gasteiger partial charge in [0.2, 0.25) is 0 Å². The molecule has 0 aromatic rings. The van der Waals surface area contributed by atoms with Gasteiger partial charge in [0.25, 0.3) is 0 Å². The summed E-state index contributed by atoms with van der Waals surface area (Å²) < 4.78 is 39.7. The first-order valence-electron chi connectivity index (χ1n) is 3.55. The average Bonchev–Trinajstić information content (AvgIpc) is 2.29. The molecular weight excluding hydrogens is 175 g/mol. The minimum atomic E-state index is -4.23. The van der Waals surface area contributed by atoms with Crippen LogP contribution in [-0.2, 0) is 4.74 Å². The molecule has 12 heavy (non-hydrogen) atoms. The van der Waals surface area contributed by atoms with Crippen molar-refractivity contribution in [3.63, 3.8) is 0 Å². The van der Waals surface area contributed by atoms with Crippen molar-refractivity contribution in [3.8, 4) is 0 Å².